The highest BCUT2D eigenvalue weighted by Gasteiger charge is 2.21. The smallest absolute Gasteiger partial charge is 0.326 e. The first-order chi connectivity index (χ1) is 19.7. The average Bonchev–Trinajstić information content (AvgIpc) is 2.95. The lowest BCUT2D eigenvalue weighted by atomic mass is 10.1. The number of carboxylic acid groups (broad SMARTS) is 1. The minimum absolute atomic E-state index is 0.0516. The van der Waals surface area contributed by atoms with Crippen LogP contribution in [0.1, 0.15) is 35.3 Å². The fourth-order valence-corrected chi connectivity index (χ4v) is 3.45. The van der Waals surface area contributed by atoms with E-state index in [-0.39, 0.29) is 74.1 Å². The second kappa shape index (κ2) is 14.8. The Labute approximate surface area is 232 Å². The highest BCUT2D eigenvalue weighted by Crippen LogP contribution is 2.12. The molecule has 0 aliphatic heterocycles. The van der Waals surface area contributed by atoms with Gasteiger partial charge in [-0.05, 0) is 30.7 Å². The summed E-state index contributed by atoms with van der Waals surface area (Å²) in [5.41, 5.74) is 8.46. The zero-order chi connectivity index (χ0) is 29.8. The maximum Gasteiger partial charge on any atom is 0.326 e. The molecule has 3 amide bonds. The minimum Gasteiger partial charge on any atom is -0.480 e. The highest BCUT2D eigenvalue weighted by atomic mass is 16.5. The summed E-state index contributed by atoms with van der Waals surface area (Å²) < 4.78 is 5.18. The molecule has 0 saturated heterocycles. The number of nitrogens with one attached hydrogen (secondary N) is 5. The van der Waals surface area contributed by atoms with Gasteiger partial charge in [-0.25, -0.2) is 20.6 Å². The number of rotatable bonds is 15. The largest absolute Gasteiger partial charge is 0.480 e. The van der Waals surface area contributed by atoms with Gasteiger partial charge in [0.05, 0.1) is 38.1 Å². The number of aromatic amines is 1. The molecule has 0 spiro atoms. The molecule has 0 saturated carbocycles. The van der Waals surface area contributed by atoms with Gasteiger partial charge in [0, 0.05) is 24.2 Å². The van der Waals surface area contributed by atoms with Crippen LogP contribution in [0.5, 0.6) is 0 Å². The van der Waals surface area contributed by atoms with Crippen LogP contribution in [0.3, 0.4) is 0 Å². The number of anilines is 2. The first-order valence-corrected chi connectivity index (χ1v) is 12.4. The van der Waals surface area contributed by atoms with Gasteiger partial charge < -0.3 is 31.5 Å². The van der Waals surface area contributed by atoms with Crippen molar-refractivity contribution in [2.45, 2.75) is 31.8 Å². The topological polar surface area (TPSA) is 269 Å². The van der Waals surface area contributed by atoms with Crippen LogP contribution >= 0.6 is 0 Å². The summed E-state index contributed by atoms with van der Waals surface area (Å²) in [7, 11) is 0. The number of hydrazine groups is 1. The van der Waals surface area contributed by atoms with Gasteiger partial charge in [0.15, 0.2) is 11.2 Å². The summed E-state index contributed by atoms with van der Waals surface area (Å²) in [6.07, 6.45) is 1.28. The standard InChI is InChI=1S/C24H30N10O7/c25-24-32-20-19(22(38)33-24)30-15(12-29-20)11-28-14-3-1-13(2-4-14)21(37)31-16(23(39)40)5-6-17(35)27-8-10-41-9-7-18(36)34-26/h1-4,12,16,28H,5-11,26H2,(H,27,35)(H,31,37)(H,34,36)(H,39,40)(H3,25,29,32,33,38). The van der Waals surface area contributed by atoms with Crippen molar-refractivity contribution in [1.29, 1.82) is 0 Å². The van der Waals surface area contributed by atoms with Crippen molar-refractivity contribution in [3.05, 3.63) is 52.1 Å². The Bertz CT molecular complexity index is 1440. The minimum atomic E-state index is -1.28. The lowest BCUT2D eigenvalue weighted by Gasteiger charge is -2.15. The first kappa shape index (κ1) is 30.4. The molecule has 0 fully saturated rings. The van der Waals surface area contributed by atoms with Crippen molar-refractivity contribution in [3.63, 3.8) is 0 Å². The zero-order valence-electron chi connectivity index (χ0n) is 21.8. The van der Waals surface area contributed by atoms with E-state index in [9.17, 15) is 29.1 Å². The lowest BCUT2D eigenvalue weighted by molar-refractivity contribution is -0.139. The van der Waals surface area contributed by atoms with Crippen molar-refractivity contribution < 1.29 is 29.0 Å². The molecule has 2 heterocycles. The van der Waals surface area contributed by atoms with E-state index in [0.29, 0.717) is 11.4 Å². The number of aliphatic carboxylic acids is 1. The molecule has 17 nitrogen and oxygen atoms in total. The number of fused-ring (bicyclic) bond motifs is 1. The summed E-state index contributed by atoms with van der Waals surface area (Å²) in [5.74, 6) is 2.21. The quantitative estimate of drug-likeness (QED) is 0.0442. The molecule has 3 aromatic rings. The van der Waals surface area contributed by atoms with Crippen LogP contribution in [-0.2, 0) is 25.7 Å². The number of carbonyl (C=O) groups is 4. The maximum atomic E-state index is 12.6. The van der Waals surface area contributed by atoms with E-state index >= 15 is 0 Å². The Hall–Kier alpha value is -5.16. The molecule has 0 radical (unpaired) electrons. The molecule has 3 rings (SSSR count). The molecule has 41 heavy (non-hydrogen) atoms. The fraction of sp³-hybridized carbons (Fsp3) is 0.333. The molecule has 0 bridgehead atoms. The Morgan fingerprint density at radius 2 is 1.80 bits per heavy atom. The lowest BCUT2D eigenvalue weighted by Crippen LogP contribution is -2.41. The Kier molecular flexibility index (Phi) is 11.0. The molecule has 17 heteroatoms. The van der Waals surface area contributed by atoms with Gasteiger partial charge in [-0.2, -0.15) is 4.98 Å². The van der Waals surface area contributed by atoms with Gasteiger partial charge in [-0.15, -0.1) is 0 Å². The number of hydrogen-bond acceptors (Lipinski definition) is 12. The molecule has 218 valence electrons. The summed E-state index contributed by atoms with van der Waals surface area (Å²) >= 11 is 0. The summed E-state index contributed by atoms with van der Waals surface area (Å²) in [6.45, 7) is 0.694. The second-order valence-electron chi connectivity index (χ2n) is 8.60. The number of carbonyl (C=O) groups excluding carboxylic acids is 3. The molecule has 2 aromatic heterocycles. The number of benzene rings is 1. The van der Waals surface area contributed by atoms with Crippen LogP contribution in [-0.4, -0.2) is 74.5 Å². The number of nitrogens with zero attached hydrogens (tertiary/aromatic N) is 3. The Balaban J connectivity index is 1.44. The van der Waals surface area contributed by atoms with Gasteiger partial charge in [-0.3, -0.25) is 29.6 Å². The molecule has 1 atom stereocenters. The number of ether oxygens (including phenoxy) is 1. The molecule has 1 aromatic carbocycles. The number of hydrogen-bond donors (Lipinski definition) is 8. The Morgan fingerprint density at radius 3 is 2.51 bits per heavy atom. The molecule has 0 aliphatic rings. The van der Waals surface area contributed by atoms with Crippen molar-refractivity contribution in [1.82, 2.24) is 36.0 Å². The van der Waals surface area contributed by atoms with Crippen LogP contribution in [0.2, 0.25) is 0 Å². The van der Waals surface area contributed by atoms with Crippen LogP contribution in [0.4, 0.5) is 11.6 Å². The van der Waals surface area contributed by atoms with Crippen molar-refractivity contribution in [3.8, 4) is 0 Å². The van der Waals surface area contributed by atoms with Crippen LogP contribution in [0.15, 0.2) is 35.3 Å². The van der Waals surface area contributed by atoms with Crippen molar-refractivity contribution in [2.24, 2.45) is 5.84 Å². The third-order valence-electron chi connectivity index (χ3n) is 5.57. The predicted molar refractivity (Wildman–Crippen MR) is 145 cm³/mol. The molecular weight excluding hydrogens is 540 g/mol. The number of carboxylic acids is 1. The van der Waals surface area contributed by atoms with Gasteiger partial charge >= 0.3 is 5.97 Å². The van der Waals surface area contributed by atoms with Crippen molar-refractivity contribution in [2.75, 3.05) is 30.8 Å². The number of amides is 3. The number of H-pyrrole nitrogens is 1. The number of nitrogens with two attached hydrogens (primary N) is 2. The third kappa shape index (κ3) is 9.52. The fourth-order valence-electron chi connectivity index (χ4n) is 3.45. The SMILES string of the molecule is NNC(=O)CCOCCNC(=O)CCC(NC(=O)c1ccc(NCc2cnc3nc(N)[nH]c(=O)c3n2)cc1)C(=O)O. The van der Waals surface area contributed by atoms with Crippen LogP contribution in [0, 0.1) is 0 Å². The molecule has 0 aliphatic carbocycles. The van der Waals surface area contributed by atoms with E-state index in [1.165, 1.54) is 18.3 Å². The van der Waals surface area contributed by atoms with E-state index in [2.05, 4.69) is 35.9 Å². The second-order valence-corrected chi connectivity index (χ2v) is 8.60. The van der Waals surface area contributed by atoms with E-state index < -0.39 is 29.4 Å². The maximum absolute atomic E-state index is 12.6. The Morgan fingerprint density at radius 1 is 1.05 bits per heavy atom. The number of nitrogen functional groups attached to an aromatic ring is 1. The average molecular weight is 571 g/mol. The third-order valence-corrected chi connectivity index (χ3v) is 5.57. The van der Waals surface area contributed by atoms with E-state index in [1.807, 2.05) is 5.43 Å². The normalized spacial score (nSPS) is 11.4. The summed E-state index contributed by atoms with van der Waals surface area (Å²) in [4.78, 5) is 73.8. The van der Waals surface area contributed by atoms with Crippen LogP contribution < -0.4 is 38.5 Å². The van der Waals surface area contributed by atoms with Gasteiger partial charge in [0.1, 0.15) is 6.04 Å². The summed E-state index contributed by atoms with van der Waals surface area (Å²) in [5, 5.41) is 17.6. The first-order valence-electron chi connectivity index (χ1n) is 12.4. The van der Waals surface area contributed by atoms with Gasteiger partial charge in [0.25, 0.3) is 11.5 Å². The van der Waals surface area contributed by atoms with E-state index in [1.54, 1.807) is 12.1 Å². The molecular formula is C24H30N10O7. The van der Waals surface area contributed by atoms with Crippen molar-refractivity contribution >= 4 is 46.5 Å². The van der Waals surface area contributed by atoms with Gasteiger partial charge in [0.2, 0.25) is 17.8 Å². The molecule has 1 unspecified atom stereocenters. The molecule has 10 N–H and O–H groups in total. The zero-order valence-corrected chi connectivity index (χ0v) is 21.8. The number of aromatic nitrogens is 4. The van der Waals surface area contributed by atoms with E-state index in [0.717, 1.165) is 0 Å². The van der Waals surface area contributed by atoms with E-state index in [4.69, 9.17) is 16.3 Å². The highest BCUT2D eigenvalue weighted by molar-refractivity contribution is 5.97. The summed E-state index contributed by atoms with van der Waals surface area (Å²) in [6, 6.07) is 4.96. The monoisotopic (exact) mass is 570 g/mol. The van der Waals surface area contributed by atoms with Gasteiger partial charge in [-0.1, -0.05) is 0 Å². The van der Waals surface area contributed by atoms with Crippen LogP contribution in [0.25, 0.3) is 11.2 Å². The predicted octanol–water partition coefficient (Wildman–Crippen LogP) is -1.62.